The Morgan fingerprint density at radius 2 is 2.26 bits per heavy atom. The van der Waals surface area contributed by atoms with Gasteiger partial charge in [0, 0.05) is 19.5 Å². The van der Waals surface area contributed by atoms with Gasteiger partial charge in [-0.05, 0) is 32.1 Å². The number of likely N-dealkylation sites (tertiary alicyclic amines) is 1. The fourth-order valence-corrected chi connectivity index (χ4v) is 2.45. The van der Waals surface area contributed by atoms with Crippen molar-refractivity contribution < 1.29 is 14.7 Å². The molecule has 2 N–H and O–H groups in total. The number of aliphatic carboxylic acids is 1. The molecule has 1 fully saturated rings. The summed E-state index contributed by atoms with van der Waals surface area (Å²) in [7, 11) is 0. The molecule has 104 valence electrons. The molecule has 0 radical (unpaired) electrons. The number of aryl methyl sites for hydroxylation is 1. The van der Waals surface area contributed by atoms with E-state index in [9.17, 15) is 9.59 Å². The molecule has 1 aliphatic rings. The lowest BCUT2D eigenvalue weighted by Crippen LogP contribution is -2.40. The molecule has 1 amide bonds. The molecule has 0 aliphatic carbocycles. The van der Waals surface area contributed by atoms with Crippen molar-refractivity contribution in [1.82, 2.24) is 20.3 Å². The van der Waals surface area contributed by atoms with Gasteiger partial charge in [0.2, 0.25) is 0 Å². The predicted octanol–water partition coefficient (Wildman–Crippen LogP) is 0.830. The Balaban J connectivity index is 1.95. The zero-order valence-electron chi connectivity index (χ0n) is 10.9. The lowest BCUT2D eigenvalue weighted by Gasteiger charge is -2.32. The SMILES string of the molecule is Cc1n[nH]nc1C(=O)N1CCC[C@H](CCC(=O)O)C1. The van der Waals surface area contributed by atoms with Crippen LogP contribution >= 0.6 is 0 Å². The Kier molecular flexibility index (Phi) is 4.13. The number of carbonyl (C=O) groups excluding carboxylic acids is 1. The Morgan fingerprint density at radius 3 is 2.89 bits per heavy atom. The number of H-pyrrole nitrogens is 1. The van der Waals surface area contributed by atoms with Crippen LogP contribution in [0.3, 0.4) is 0 Å². The van der Waals surface area contributed by atoms with E-state index in [0.29, 0.717) is 30.9 Å². The summed E-state index contributed by atoms with van der Waals surface area (Å²) in [5.41, 5.74) is 0.955. The summed E-state index contributed by atoms with van der Waals surface area (Å²) in [6.07, 6.45) is 2.67. The number of hydrogen-bond acceptors (Lipinski definition) is 4. The van der Waals surface area contributed by atoms with Crippen LogP contribution in [-0.2, 0) is 4.79 Å². The first-order valence-electron chi connectivity index (χ1n) is 6.46. The average molecular weight is 266 g/mol. The Hall–Kier alpha value is -1.92. The highest BCUT2D eigenvalue weighted by Crippen LogP contribution is 2.22. The zero-order valence-corrected chi connectivity index (χ0v) is 10.9. The third kappa shape index (κ3) is 3.30. The highest BCUT2D eigenvalue weighted by atomic mass is 16.4. The van der Waals surface area contributed by atoms with Gasteiger partial charge < -0.3 is 10.0 Å². The molecule has 1 aromatic rings. The standard InChI is InChI=1S/C12H18N4O3/c1-8-11(14-15-13-8)12(19)16-6-2-3-9(7-16)4-5-10(17)18/h9H,2-7H2,1H3,(H,17,18)(H,13,14,15)/t9-/m1/s1. The minimum absolute atomic E-state index is 0.119. The van der Waals surface area contributed by atoms with E-state index in [4.69, 9.17) is 5.11 Å². The van der Waals surface area contributed by atoms with Crippen LogP contribution in [-0.4, -0.2) is 50.4 Å². The molecule has 0 aromatic carbocycles. The molecule has 0 spiro atoms. The number of hydrogen-bond donors (Lipinski definition) is 2. The van der Waals surface area contributed by atoms with Gasteiger partial charge in [-0.25, -0.2) is 0 Å². The minimum atomic E-state index is -0.782. The molecule has 1 saturated heterocycles. The Labute approximate surface area is 111 Å². The number of nitrogens with zero attached hydrogens (tertiary/aromatic N) is 3. The summed E-state index contributed by atoms with van der Waals surface area (Å²) in [4.78, 5) is 24.6. The van der Waals surface area contributed by atoms with E-state index in [1.807, 2.05) is 0 Å². The molecular formula is C12H18N4O3. The van der Waals surface area contributed by atoms with Gasteiger partial charge in [0.25, 0.3) is 5.91 Å². The summed E-state index contributed by atoms with van der Waals surface area (Å²) in [6, 6.07) is 0. The third-order valence-corrected chi connectivity index (χ3v) is 3.50. The van der Waals surface area contributed by atoms with Crippen molar-refractivity contribution in [1.29, 1.82) is 0 Å². The lowest BCUT2D eigenvalue weighted by atomic mass is 9.93. The maximum absolute atomic E-state index is 12.3. The summed E-state index contributed by atoms with van der Waals surface area (Å²) < 4.78 is 0. The largest absolute Gasteiger partial charge is 0.481 e. The predicted molar refractivity (Wildman–Crippen MR) is 66.6 cm³/mol. The van der Waals surface area contributed by atoms with E-state index in [1.54, 1.807) is 11.8 Å². The van der Waals surface area contributed by atoms with Crippen molar-refractivity contribution in [3.8, 4) is 0 Å². The van der Waals surface area contributed by atoms with E-state index in [2.05, 4.69) is 15.4 Å². The second-order valence-corrected chi connectivity index (χ2v) is 4.95. The molecule has 2 rings (SSSR count). The fourth-order valence-electron chi connectivity index (χ4n) is 2.45. The van der Waals surface area contributed by atoms with Gasteiger partial charge in [-0.15, -0.1) is 0 Å². The van der Waals surface area contributed by atoms with Crippen molar-refractivity contribution in [3.05, 3.63) is 11.4 Å². The van der Waals surface area contributed by atoms with E-state index in [1.165, 1.54) is 0 Å². The zero-order chi connectivity index (χ0) is 13.8. The van der Waals surface area contributed by atoms with Crippen LogP contribution < -0.4 is 0 Å². The van der Waals surface area contributed by atoms with Gasteiger partial charge >= 0.3 is 5.97 Å². The van der Waals surface area contributed by atoms with E-state index < -0.39 is 5.97 Å². The molecule has 0 unspecified atom stereocenters. The highest BCUT2D eigenvalue weighted by Gasteiger charge is 2.27. The molecule has 2 heterocycles. The number of aromatic nitrogens is 3. The first-order chi connectivity index (χ1) is 9.08. The van der Waals surface area contributed by atoms with Gasteiger partial charge in [-0.1, -0.05) is 0 Å². The summed E-state index contributed by atoms with van der Waals surface area (Å²) in [6.45, 7) is 3.05. The molecular weight excluding hydrogens is 248 g/mol. The molecule has 19 heavy (non-hydrogen) atoms. The summed E-state index contributed by atoms with van der Waals surface area (Å²) in [5, 5.41) is 18.9. The first kappa shape index (κ1) is 13.5. The van der Waals surface area contributed by atoms with Crippen molar-refractivity contribution in [2.24, 2.45) is 5.92 Å². The number of carboxylic acids is 1. The smallest absolute Gasteiger partial charge is 0.303 e. The minimum Gasteiger partial charge on any atom is -0.481 e. The van der Waals surface area contributed by atoms with E-state index in [-0.39, 0.29) is 18.2 Å². The van der Waals surface area contributed by atoms with Gasteiger partial charge in [0.1, 0.15) is 0 Å². The van der Waals surface area contributed by atoms with E-state index >= 15 is 0 Å². The fraction of sp³-hybridized carbons (Fsp3) is 0.667. The number of amides is 1. The van der Waals surface area contributed by atoms with Gasteiger partial charge in [0.15, 0.2) is 5.69 Å². The van der Waals surface area contributed by atoms with Gasteiger partial charge in [-0.3, -0.25) is 9.59 Å². The molecule has 0 bridgehead atoms. The maximum atomic E-state index is 12.3. The lowest BCUT2D eigenvalue weighted by molar-refractivity contribution is -0.137. The third-order valence-electron chi connectivity index (χ3n) is 3.50. The molecule has 1 aliphatic heterocycles. The summed E-state index contributed by atoms with van der Waals surface area (Å²) in [5.74, 6) is -0.636. The number of aromatic amines is 1. The van der Waals surface area contributed by atoms with Crippen LogP contribution in [0.2, 0.25) is 0 Å². The molecule has 1 atom stereocenters. The average Bonchev–Trinajstić information content (AvgIpc) is 2.82. The number of carbonyl (C=O) groups is 2. The van der Waals surface area contributed by atoms with E-state index in [0.717, 1.165) is 12.8 Å². The van der Waals surface area contributed by atoms with Crippen LogP contribution in [0, 0.1) is 12.8 Å². The molecule has 1 aromatic heterocycles. The number of carboxylic acid groups (broad SMARTS) is 1. The van der Waals surface area contributed by atoms with Crippen LogP contribution in [0.1, 0.15) is 41.9 Å². The second-order valence-electron chi connectivity index (χ2n) is 4.95. The van der Waals surface area contributed by atoms with Crippen molar-refractivity contribution in [2.75, 3.05) is 13.1 Å². The van der Waals surface area contributed by atoms with Crippen molar-refractivity contribution in [3.63, 3.8) is 0 Å². The normalized spacial score (nSPS) is 19.4. The quantitative estimate of drug-likeness (QED) is 0.841. The number of nitrogens with one attached hydrogen (secondary N) is 1. The number of piperidine rings is 1. The van der Waals surface area contributed by atoms with Crippen molar-refractivity contribution >= 4 is 11.9 Å². The Bertz CT molecular complexity index is 471. The van der Waals surface area contributed by atoms with Gasteiger partial charge in [0.05, 0.1) is 5.69 Å². The van der Waals surface area contributed by atoms with Crippen LogP contribution in [0.25, 0.3) is 0 Å². The topological polar surface area (TPSA) is 99.2 Å². The van der Waals surface area contributed by atoms with Gasteiger partial charge in [-0.2, -0.15) is 15.4 Å². The van der Waals surface area contributed by atoms with Crippen LogP contribution in [0.15, 0.2) is 0 Å². The number of rotatable bonds is 4. The highest BCUT2D eigenvalue weighted by molar-refractivity contribution is 5.93. The molecule has 7 nitrogen and oxygen atoms in total. The van der Waals surface area contributed by atoms with Crippen LogP contribution in [0.4, 0.5) is 0 Å². The second kappa shape index (κ2) is 5.81. The first-order valence-corrected chi connectivity index (χ1v) is 6.46. The monoisotopic (exact) mass is 266 g/mol. The van der Waals surface area contributed by atoms with Crippen LogP contribution in [0.5, 0.6) is 0 Å². The molecule has 7 heteroatoms. The Morgan fingerprint density at radius 1 is 1.47 bits per heavy atom. The molecule has 0 saturated carbocycles. The maximum Gasteiger partial charge on any atom is 0.303 e. The van der Waals surface area contributed by atoms with Crippen molar-refractivity contribution in [2.45, 2.75) is 32.6 Å². The summed E-state index contributed by atoms with van der Waals surface area (Å²) >= 11 is 0.